The van der Waals surface area contributed by atoms with Crippen molar-refractivity contribution < 1.29 is 13.9 Å². The third-order valence-corrected chi connectivity index (χ3v) is 6.86. The van der Waals surface area contributed by atoms with Crippen LogP contribution < -0.4 is 5.73 Å². The summed E-state index contributed by atoms with van der Waals surface area (Å²) in [6.07, 6.45) is 4.25. The van der Waals surface area contributed by atoms with Crippen molar-refractivity contribution in [3.8, 4) is 0 Å². The largest absolute Gasteiger partial charge is 0.384 e. The Bertz CT molecular complexity index is 1130. The normalized spacial score (nSPS) is 21.9. The second-order valence-electron chi connectivity index (χ2n) is 8.58. The molecule has 1 amide bonds. The summed E-state index contributed by atoms with van der Waals surface area (Å²) >= 11 is 12.6. The molecule has 180 valence electrons. The Labute approximate surface area is 208 Å². The van der Waals surface area contributed by atoms with Crippen LogP contribution in [0.2, 0.25) is 10.0 Å². The highest BCUT2D eigenvalue weighted by atomic mass is 35.5. The minimum Gasteiger partial charge on any atom is -0.384 e. The predicted octanol–water partition coefficient (Wildman–Crippen LogP) is 4.22. The molecule has 7 nitrogen and oxygen atoms in total. The highest BCUT2D eigenvalue weighted by molar-refractivity contribution is 6.36. The van der Waals surface area contributed by atoms with E-state index in [9.17, 15) is 9.18 Å². The van der Waals surface area contributed by atoms with Crippen LogP contribution in [0.15, 0.2) is 41.7 Å². The van der Waals surface area contributed by atoms with Gasteiger partial charge in [0.15, 0.2) is 5.60 Å². The molecule has 2 N–H and O–H groups in total. The van der Waals surface area contributed by atoms with Gasteiger partial charge >= 0.3 is 0 Å². The number of halogens is 3. The second-order valence-corrected chi connectivity index (χ2v) is 9.37. The number of carbonyl (C=O) groups is 1. The van der Waals surface area contributed by atoms with Gasteiger partial charge in [-0.2, -0.15) is 0 Å². The van der Waals surface area contributed by atoms with Gasteiger partial charge in [0, 0.05) is 61.8 Å². The van der Waals surface area contributed by atoms with E-state index in [1.165, 1.54) is 18.3 Å². The zero-order valence-electron chi connectivity index (χ0n) is 19.0. The fraction of sp³-hybridized carbons (Fsp3) is 0.375. The summed E-state index contributed by atoms with van der Waals surface area (Å²) in [5.74, 6) is -0.431. The SMILES string of the molecule is CC(OC1(C(=O)N2CCN(C)CC2)C=NC=C(c2ccc(N)nc2)C1)c1c(Cl)ccc(F)c1Cl. The van der Waals surface area contributed by atoms with E-state index in [4.69, 9.17) is 33.7 Å². The van der Waals surface area contributed by atoms with Crippen LogP contribution in [0.1, 0.15) is 30.6 Å². The van der Waals surface area contributed by atoms with Crippen molar-refractivity contribution in [3.63, 3.8) is 0 Å². The van der Waals surface area contributed by atoms with Crippen molar-refractivity contribution in [1.82, 2.24) is 14.8 Å². The highest BCUT2D eigenvalue weighted by Crippen LogP contribution is 2.40. The molecule has 10 heteroatoms. The van der Waals surface area contributed by atoms with Crippen LogP contribution in [0.5, 0.6) is 0 Å². The maximum absolute atomic E-state index is 14.2. The van der Waals surface area contributed by atoms with Crippen molar-refractivity contribution in [1.29, 1.82) is 0 Å². The highest BCUT2D eigenvalue weighted by Gasteiger charge is 2.45. The first kappa shape index (κ1) is 24.6. The maximum Gasteiger partial charge on any atom is 0.260 e. The summed E-state index contributed by atoms with van der Waals surface area (Å²) in [5, 5.41) is 0.126. The molecule has 1 aromatic carbocycles. The Balaban J connectivity index is 1.70. The van der Waals surface area contributed by atoms with Gasteiger partial charge in [0.1, 0.15) is 11.6 Å². The van der Waals surface area contributed by atoms with Crippen molar-refractivity contribution in [2.24, 2.45) is 4.99 Å². The molecule has 2 unspecified atom stereocenters. The Morgan fingerprint density at radius 3 is 2.62 bits per heavy atom. The van der Waals surface area contributed by atoms with Crippen LogP contribution in [0.3, 0.4) is 0 Å². The minimum absolute atomic E-state index is 0.131. The molecule has 0 bridgehead atoms. The van der Waals surface area contributed by atoms with E-state index in [-0.39, 0.29) is 27.9 Å². The van der Waals surface area contributed by atoms with Crippen LogP contribution in [-0.2, 0) is 9.53 Å². The van der Waals surface area contributed by atoms with Crippen molar-refractivity contribution in [3.05, 3.63) is 63.7 Å². The lowest BCUT2D eigenvalue weighted by Crippen LogP contribution is -2.57. The summed E-state index contributed by atoms with van der Waals surface area (Å²) in [5.41, 5.74) is 6.13. The van der Waals surface area contributed by atoms with Gasteiger partial charge < -0.3 is 20.3 Å². The molecule has 0 aliphatic carbocycles. The molecule has 0 saturated carbocycles. The van der Waals surface area contributed by atoms with Gasteiger partial charge in [-0.25, -0.2) is 9.37 Å². The van der Waals surface area contributed by atoms with Crippen LogP contribution in [0.25, 0.3) is 5.57 Å². The van der Waals surface area contributed by atoms with Gasteiger partial charge in [-0.1, -0.05) is 23.2 Å². The molecule has 4 rings (SSSR count). The predicted molar refractivity (Wildman–Crippen MR) is 132 cm³/mol. The number of amides is 1. The number of pyridine rings is 1. The zero-order chi connectivity index (χ0) is 24.5. The van der Waals surface area contributed by atoms with Gasteiger partial charge in [0.25, 0.3) is 5.91 Å². The third-order valence-electron chi connectivity index (χ3n) is 6.15. The second kappa shape index (κ2) is 10.00. The summed E-state index contributed by atoms with van der Waals surface area (Å²) < 4.78 is 20.6. The van der Waals surface area contributed by atoms with Crippen molar-refractivity contribution in [2.45, 2.75) is 25.0 Å². The molecule has 34 heavy (non-hydrogen) atoms. The number of nitrogens with zero attached hydrogens (tertiary/aromatic N) is 4. The molecule has 0 radical (unpaired) electrons. The molecule has 2 atom stereocenters. The molecule has 2 aromatic rings. The number of aliphatic imine (C=N–C) groups is 1. The summed E-state index contributed by atoms with van der Waals surface area (Å²) in [6.45, 7) is 4.32. The molecule has 1 saturated heterocycles. The standard InChI is InChI=1S/C24H26Cl2FN5O2/c1-15(21-18(25)4-5-19(27)22(21)26)34-24(23(33)32-9-7-31(2)8-10-32)11-17(12-29-14-24)16-3-6-20(28)30-13-16/h3-6,12-15H,7-11H2,1-2H3,(H2,28,30). The van der Waals surface area contributed by atoms with Crippen LogP contribution in [-0.4, -0.2) is 65.7 Å². The number of hydrogen-bond acceptors (Lipinski definition) is 6. The first-order valence-electron chi connectivity index (χ1n) is 10.9. The molecule has 2 aliphatic heterocycles. The van der Waals surface area contributed by atoms with E-state index in [2.05, 4.69) is 14.9 Å². The van der Waals surface area contributed by atoms with E-state index >= 15 is 0 Å². The van der Waals surface area contributed by atoms with Gasteiger partial charge in [0.2, 0.25) is 0 Å². The van der Waals surface area contributed by atoms with Gasteiger partial charge in [-0.15, -0.1) is 0 Å². The van der Waals surface area contributed by atoms with Crippen LogP contribution >= 0.6 is 23.2 Å². The quantitative estimate of drug-likeness (QED) is 0.615. The number of hydrogen-bond donors (Lipinski definition) is 1. The Morgan fingerprint density at radius 2 is 1.94 bits per heavy atom. The number of nitrogen functional groups attached to an aromatic ring is 1. The topological polar surface area (TPSA) is 84.0 Å². The van der Waals surface area contributed by atoms with Crippen molar-refractivity contribution >= 4 is 46.7 Å². The summed E-state index contributed by atoms with van der Waals surface area (Å²) in [4.78, 5) is 26.4. The number of piperazine rings is 1. The van der Waals surface area contributed by atoms with Gasteiger partial charge in [0.05, 0.1) is 11.1 Å². The zero-order valence-corrected chi connectivity index (χ0v) is 20.5. The van der Waals surface area contributed by atoms with E-state index in [1.807, 2.05) is 13.1 Å². The first-order valence-corrected chi connectivity index (χ1v) is 11.7. The Morgan fingerprint density at radius 1 is 1.21 bits per heavy atom. The van der Waals surface area contributed by atoms with Crippen LogP contribution in [0.4, 0.5) is 10.2 Å². The minimum atomic E-state index is -1.43. The lowest BCUT2D eigenvalue weighted by Gasteiger charge is -2.41. The number of aromatic nitrogens is 1. The molecule has 1 fully saturated rings. The van der Waals surface area contributed by atoms with Crippen molar-refractivity contribution in [2.75, 3.05) is 39.0 Å². The molecule has 0 spiro atoms. The number of nitrogens with two attached hydrogens (primary N) is 1. The summed E-state index contributed by atoms with van der Waals surface area (Å²) in [7, 11) is 2.02. The lowest BCUT2D eigenvalue weighted by atomic mass is 9.88. The van der Waals surface area contributed by atoms with E-state index in [0.29, 0.717) is 18.9 Å². The smallest absolute Gasteiger partial charge is 0.260 e. The monoisotopic (exact) mass is 505 g/mol. The molecular formula is C24H26Cl2FN5O2. The fourth-order valence-electron chi connectivity index (χ4n) is 4.21. The van der Waals surface area contributed by atoms with Crippen LogP contribution in [0, 0.1) is 5.82 Å². The average molecular weight is 506 g/mol. The first-order chi connectivity index (χ1) is 16.2. The molecule has 3 heterocycles. The average Bonchev–Trinajstić information content (AvgIpc) is 2.82. The van der Waals surface area contributed by atoms with Gasteiger partial charge in [-0.05, 0) is 49.4 Å². The lowest BCUT2D eigenvalue weighted by molar-refractivity contribution is -0.155. The number of rotatable bonds is 5. The van der Waals surface area contributed by atoms with E-state index < -0.39 is 17.5 Å². The number of carbonyl (C=O) groups excluding carboxylic acids is 1. The molecule has 1 aromatic heterocycles. The number of likely N-dealkylation sites (N-methyl/N-ethyl adjacent to an activating group) is 1. The molecular weight excluding hydrogens is 480 g/mol. The Hall–Kier alpha value is -2.52. The number of ether oxygens (including phenoxy) is 1. The maximum atomic E-state index is 14.2. The van der Waals surface area contributed by atoms with E-state index in [1.54, 1.807) is 30.3 Å². The molecule has 2 aliphatic rings. The van der Waals surface area contributed by atoms with Gasteiger partial charge in [-0.3, -0.25) is 9.79 Å². The Kier molecular flexibility index (Phi) is 7.23. The third kappa shape index (κ3) is 4.95. The fourth-order valence-corrected chi connectivity index (χ4v) is 4.89. The number of anilines is 1. The number of benzene rings is 1. The van der Waals surface area contributed by atoms with E-state index in [0.717, 1.165) is 24.2 Å². The summed E-state index contributed by atoms with van der Waals surface area (Å²) in [6, 6.07) is 6.13.